The van der Waals surface area contributed by atoms with Crippen molar-refractivity contribution in [3.63, 3.8) is 0 Å². The largest absolute Gasteiger partial charge is 0.494 e. The lowest BCUT2D eigenvalue weighted by Crippen LogP contribution is -2.20. The van der Waals surface area contributed by atoms with Gasteiger partial charge in [-0.25, -0.2) is 4.98 Å². The molecular weight excluding hydrogens is 286 g/mol. The van der Waals surface area contributed by atoms with E-state index in [1.54, 1.807) is 6.20 Å². The molecule has 0 spiro atoms. The first kappa shape index (κ1) is 17.0. The van der Waals surface area contributed by atoms with Crippen molar-refractivity contribution < 1.29 is 4.74 Å². The number of hydrogen-bond donors (Lipinski definition) is 2. The number of rotatable bonds is 8. The monoisotopic (exact) mass is 311 g/mol. The Bertz CT molecular complexity index is 651. The number of pyridine rings is 1. The molecule has 0 saturated carbocycles. The Balaban J connectivity index is 2.30. The molecular formula is C19H25N3O. The molecule has 0 amide bonds. The van der Waals surface area contributed by atoms with E-state index in [4.69, 9.17) is 10.1 Å². The van der Waals surface area contributed by atoms with Crippen molar-refractivity contribution in [1.29, 1.82) is 5.41 Å². The van der Waals surface area contributed by atoms with Crippen molar-refractivity contribution in [3.05, 3.63) is 53.7 Å². The molecule has 0 aliphatic rings. The van der Waals surface area contributed by atoms with Crippen molar-refractivity contribution in [3.8, 4) is 5.75 Å². The van der Waals surface area contributed by atoms with E-state index in [1.807, 2.05) is 43.3 Å². The highest BCUT2D eigenvalue weighted by molar-refractivity contribution is 6.13. The maximum Gasteiger partial charge on any atom is 0.135 e. The van der Waals surface area contributed by atoms with Gasteiger partial charge in [-0.1, -0.05) is 26.0 Å². The third-order valence-electron chi connectivity index (χ3n) is 3.84. The number of benzene rings is 1. The van der Waals surface area contributed by atoms with Crippen molar-refractivity contribution in [1.82, 2.24) is 4.98 Å². The Morgan fingerprint density at radius 3 is 2.65 bits per heavy atom. The van der Waals surface area contributed by atoms with E-state index in [-0.39, 0.29) is 0 Å². The lowest BCUT2D eigenvalue weighted by Gasteiger charge is -2.18. The summed E-state index contributed by atoms with van der Waals surface area (Å²) in [5.41, 5.74) is 2.10. The Morgan fingerprint density at radius 1 is 1.17 bits per heavy atom. The summed E-state index contributed by atoms with van der Waals surface area (Å²) in [6.07, 6.45) is 3.82. The summed E-state index contributed by atoms with van der Waals surface area (Å²) in [6.45, 7) is 6.88. The molecule has 0 unspecified atom stereocenters. The minimum absolute atomic E-state index is 0.367. The molecule has 2 N–H and O–H groups in total. The van der Waals surface area contributed by atoms with Crippen LogP contribution in [0.25, 0.3) is 0 Å². The van der Waals surface area contributed by atoms with Gasteiger partial charge in [0.05, 0.1) is 12.3 Å². The standard InChI is InChI=1S/C19H25N3O/c1-4-15(5-2)22-19-17(11-8-12-21-19)18(20)14-9-7-10-16(13-14)23-6-3/h7-13,15,20H,4-6H2,1-3H3,(H,21,22). The van der Waals surface area contributed by atoms with E-state index in [0.717, 1.165) is 35.5 Å². The molecule has 0 radical (unpaired) electrons. The van der Waals surface area contributed by atoms with Gasteiger partial charge in [-0.15, -0.1) is 0 Å². The first-order chi connectivity index (χ1) is 11.2. The third-order valence-corrected chi connectivity index (χ3v) is 3.84. The van der Waals surface area contributed by atoms with Crippen LogP contribution in [-0.4, -0.2) is 23.3 Å². The number of nitrogens with one attached hydrogen (secondary N) is 2. The van der Waals surface area contributed by atoms with Crippen LogP contribution in [-0.2, 0) is 0 Å². The van der Waals surface area contributed by atoms with Gasteiger partial charge < -0.3 is 10.1 Å². The predicted octanol–water partition coefficient (Wildman–Crippen LogP) is 4.50. The smallest absolute Gasteiger partial charge is 0.135 e. The molecule has 0 atom stereocenters. The maximum absolute atomic E-state index is 8.56. The summed E-state index contributed by atoms with van der Waals surface area (Å²) in [7, 11) is 0. The zero-order valence-corrected chi connectivity index (χ0v) is 14.1. The van der Waals surface area contributed by atoms with Gasteiger partial charge in [0.25, 0.3) is 0 Å². The quantitative estimate of drug-likeness (QED) is 0.706. The van der Waals surface area contributed by atoms with Gasteiger partial charge in [0.1, 0.15) is 11.6 Å². The number of hydrogen-bond acceptors (Lipinski definition) is 4. The van der Waals surface area contributed by atoms with Gasteiger partial charge in [0.15, 0.2) is 0 Å². The normalized spacial score (nSPS) is 10.6. The van der Waals surface area contributed by atoms with Crippen molar-refractivity contribution >= 4 is 11.5 Å². The molecule has 0 saturated heterocycles. The van der Waals surface area contributed by atoms with E-state index in [9.17, 15) is 0 Å². The average Bonchev–Trinajstić information content (AvgIpc) is 2.60. The summed E-state index contributed by atoms with van der Waals surface area (Å²) in [5.74, 6) is 1.56. The average molecular weight is 311 g/mol. The SMILES string of the molecule is CCOc1cccc(C(=N)c2cccnc2NC(CC)CC)c1. The summed E-state index contributed by atoms with van der Waals surface area (Å²) in [6, 6.07) is 11.8. The molecule has 0 bridgehead atoms. The van der Waals surface area contributed by atoms with Crippen LogP contribution >= 0.6 is 0 Å². The Kier molecular flexibility index (Phi) is 6.15. The molecule has 1 aromatic carbocycles. The lowest BCUT2D eigenvalue weighted by molar-refractivity contribution is 0.340. The minimum Gasteiger partial charge on any atom is -0.494 e. The highest BCUT2D eigenvalue weighted by Gasteiger charge is 2.14. The van der Waals surface area contributed by atoms with E-state index in [0.29, 0.717) is 18.4 Å². The lowest BCUT2D eigenvalue weighted by atomic mass is 10.0. The molecule has 122 valence electrons. The van der Waals surface area contributed by atoms with E-state index in [1.165, 1.54) is 0 Å². The maximum atomic E-state index is 8.56. The summed E-state index contributed by atoms with van der Waals surface area (Å²) in [5, 5.41) is 12.0. The summed E-state index contributed by atoms with van der Waals surface area (Å²) >= 11 is 0. The first-order valence-electron chi connectivity index (χ1n) is 8.23. The molecule has 4 heteroatoms. The van der Waals surface area contributed by atoms with Crippen LogP contribution in [0.1, 0.15) is 44.7 Å². The second kappa shape index (κ2) is 8.32. The number of ether oxygens (including phenoxy) is 1. The number of aromatic nitrogens is 1. The molecule has 2 aromatic rings. The third kappa shape index (κ3) is 4.31. The molecule has 0 aliphatic heterocycles. The van der Waals surface area contributed by atoms with Crippen LogP contribution in [0.15, 0.2) is 42.6 Å². The van der Waals surface area contributed by atoms with Crippen LogP contribution in [0, 0.1) is 5.41 Å². The topological polar surface area (TPSA) is 58.0 Å². The molecule has 1 aromatic heterocycles. The van der Waals surface area contributed by atoms with E-state index < -0.39 is 0 Å². The predicted molar refractivity (Wildman–Crippen MR) is 95.8 cm³/mol. The second-order valence-electron chi connectivity index (χ2n) is 5.39. The Hall–Kier alpha value is -2.36. The van der Waals surface area contributed by atoms with Gasteiger partial charge in [-0.2, -0.15) is 0 Å². The fraction of sp³-hybridized carbons (Fsp3) is 0.368. The van der Waals surface area contributed by atoms with Gasteiger partial charge in [0, 0.05) is 23.4 Å². The van der Waals surface area contributed by atoms with E-state index in [2.05, 4.69) is 24.1 Å². The number of anilines is 1. The second-order valence-corrected chi connectivity index (χ2v) is 5.39. The zero-order chi connectivity index (χ0) is 16.7. The highest BCUT2D eigenvalue weighted by Crippen LogP contribution is 2.21. The highest BCUT2D eigenvalue weighted by atomic mass is 16.5. The molecule has 1 heterocycles. The fourth-order valence-electron chi connectivity index (χ4n) is 2.47. The first-order valence-corrected chi connectivity index (χ1v) is 8.23. The molecule has 23 heavy (non-hydrogen) atoms. The summed E-state index contributed by atoms with van der Waals surface area (Å²) in [4.78, 5) is 4.44. The van der Waals surface area contributed by atoms with Gasteiger partial charge in [0.2, 0.25) is 0 Å². The van der Waals surface area contributed by atoms with Crippen LogP contribution in [0.4, 0.5) is 5.82 Å². The summed E-state index contributed by atoms with van der Waals surface area (Å²) < 4.78 is 5.53. The minimum atomic E-state index is 0.367. The van der Waals surface area contributed by atoms with Gasteiger partial charge >= 0.3 is 0 Å². The van der Waals surface area contributed by atoms with Gasteiger partial charge in [-0.05, 0) is 44.0 Å². The Labute approximate surface area is 138 Å². The number of nitrogens with zero attached hydrogens (tertiary/aromatic N) is 1. The van der Waals surface area contributed by atoms with Crippen molar-refractivity contribution in [2.24, 2.45) is 0 Å². The van der Waals surface area contributed by atoms with Crippen molar-refractivity contribution in [2.75, 3.05) is 11.9 Å². The van der Waals surface area contributed by atoms with Crippen LogP contribution in [0.2, 0.25) is 0 Å². The van der Waals surface area contributed by atoms with E-state index >= 15 is 0 Å². The Morgan fingerprint density at radius 2 is 1.96 bits per heavy atom. The molecule has 2 rings (SSSR count). The van der Waals surface area contributed by atoms with Crippen molar-refractivity contribution in [2.45, 2.75) is 39.7 Å². The molecule has 4 nitrogen and oxygen atoms in total. The molecule has 0 aliphatic carbocycles. The van der Waals surface area contributed by atoms with Crippen LogP contribution in [0.5, 0.6) is 5.75 Å². The van der Waals surface area contributed by atoms with Crippen LogP contribution < -0.4 is 10.1 Å². The molecule has 0 fully saturated rings. The van der Waals surface area contributed by atoms with Crippen LogP contribution in [0.3, 0.4) is 0 Å². The zero-order valence-electron chi connectivity index (χ0n) is 14.1. The van der Waals surface area contributed by atoms with Gasteiger partial charge in [-0.3, -0.25) is 5.41 Å². The fourth-order valence-corrected chi connectivity index (χ4v) is 2.47.